The molecule has 1 heteroatoms. The summed E-state index contributed by atoms with van der Waals surface area (Å²) in [4.78, 5) is 2.38. The molecule has 1 unspecified atom stereocenters. The standard InChI is InChI=1S/C42H33N/c1-5-14-32(15-6-1)34-24-26-39(27-25-34)43(38-22-11-4-12-23-38)40-28-29-41(42(31-40)35-18-9-3-10-19-35)37-21-13-20-36(30-37)33-16-7-2-8-17-33/h1-24,26-31,34H,25H2. The maximum Gasteiger partial charge on any atom is 0.0468 e. The van der Waals surface area contributed by atoms with Gasteiger partial charge in [0.1, 0.15) is 0 Å². The highest BCUT2D eigenvalue weighted by Gasteiger charge is 2.20. The third-order valence-electron chi connectivity index (χ3n) is 8.21. The van der Waals surface area contributed by atoms with Crippen molar-refractivity contribution < 1.29 is 0 Å². The number of anilines is 2. The van der Waals surface area contributed by atoms with Crippen LogP contribution in [0.5, 0.6) is 0 Å². The van der Waals surface area contributed by atoms with E-state index >= 15 is 0 Å². The summed E-state index contributed by atoms with van der Waals surface area (Å²) in [7, 11) is 0. The molecular weight excluding hydrogens is 518 g/mol. The van der Waals surface area contributed by atoms with E-state index in [1.165, 1.54) is 44.6 Å². The molecule has 1 nitrogen and oxygen atoms in total. The number of rotatable bonds is 7. The van der Waals surface area contributed by atoms with Gasteiger partial charge < -0.3 is 4.90 Å². The summed E-state index contributed by atoms with van der Waals surface area (Å²) >= 11 is 0. The minimum atomic E-state index is 0.390. The average molecular weight is 552 g/mol. The van der Waals surface area contributed by atoms with Crippen molar-refractivity contribution in [3.63, 3.8) is 0 Å². The lowest BCUT2D eigenvalue weighted by Gasteiger charge is -2.30. The van der Waals surface area contributed by atoms with Gasteiger partial charge in [-0.25, -0.2) is 0 Å². The van der Waals surface area contributed by atoms with Crippen molar-refractivity contribution in [1.82, 2.24) is 0 Å². The van der Waals surface area contributed by atoms with Gasteiger partial charge in [0.05, 0.1) is 0 Å². The SMILES string of the molecule is C1=CC(c2ccccc2)CC=C1N(c1ccccc1)c1ccc(-c2cccc(-c3ccccc3)c2)c(-c2ccccc2)c1. The van der Waals surface area contributed by atoms with Crippen LogP contribution in [-0.4, -0.2) is 0 Å². The van der Waals surface area contributed by atoms with Gasteiger partial charge in [-0.1, -0.05) is 146 Å². The highest BCUT2D eigenvalue weighted by atomic mass is 15.1. The van der Waals surface area contributed by atoms with Gasteiger partial charge >= 0.3 is 0 Å². The van der Waals surface area contributed by atoms with Crippen LogP contribution in [0.4, 0.5) is 11.4 Å². The van der Waals surface area contributed by atoms with Crippen molar-refractivity contribution >= 4 is 11.4 Å². The molecular formula is C42H33N. The van der Waals surface area contributed by atoms with Crippen molar-refractivity contribution in [2.24, 2.45) is 0 Å². The minimum absolute atomic E-state index is 0.390. The van der Waals surface area contributed by atoms with Gasteiger partial charge in [-0.2, -0.15) is 0 Å². The summed E-state index contributed by atoms with van der Waals surface area (Å²) in [5.41, 5.74) is 12.1. The summed E-state index contributed by atoms with van der Waals surface area (Å²) in [6.07, 6.45) is 7.98. The summed E-state index contributed by atoms with van der Waals surface area (Å²) < 4.78 is 0. The van der Waals surface area contributed by atoms with E-state index in [0.717, 1.165) is 17.8 Å². The predicted molar refractivity (Wildman–Crippen MR) is 182 cm³/mol. The van der Waals surface area contributed by atoms with Gasteiger partial charge in [-0.3, -0.25) is 0 Å². The highest BCUT2D eigenvalue weighted by Crippen LogP contribution is 2.41. The zero-order valence-corrected chi connectivity index (χ0v) is 24.1. The fourth-order valence-corrected chi connectivity index (χ4v) is 6.02. The van der Waals surface area contributed by atoms with Crippen molar-refractivity contribution in [3.05, 3.63) is 193 Å². The molecule has 0 saturated heterocycles. The van der Waals surface area contributed by atoms with E-state index in [0.29, 0.717) is 5.92 Å². The van der Waals surface area contributed by atoms with E-state index in [4.69, 9.17) is 0 Å². The minimum Gasteiger partial charge on any atom is -0.311 e. The highest BCUT2D eigenvalue weighted by molar-refractivity contribution is 5.89. The van der Waals surface area contributed by atoms with Crippen LogP contribution in [0.3, 0.4) is 0 Å². The fourth-order valence-electron chi connectivity index (χ4n) is 6.02. The van der Waals surface area contributed by atoms with Crippen LogP contribution in [0, 0.1) is 0 Å². The van der Waals surface area contributed by atoms with E-state index in [-0.39, 0.29) is 0 Å². The molecule has 0 bridgehead atoms. The second kappa shape index (κ2) is 12.2. The predicted octanol–water partition coefficient (Wildman–Crippen LogP) is 11.5. The van der Waals surface area contributed by atoms with Crippen molar-refractivity contribution in [3.8, 4) is 33.4 Å². The first kappa shape index (κ1) is 26.5. The number of hydrogen-bond acceptors (Lipinski definition) is 1. The molecule has 43 heavy (non-hydrogen) atoms. The van der Waals surface area contributed by atoms with Crippen LogP contribution in [-0.2, 0) is 0 Å². The second-order valence-corrected chi connectivity index (χ2v) is 11.0. The molecule has 0 spiro atoms. The van der Waals surface area contributed by atoms with Crippen LogP contribution in [0.2, 0.25) is 0 Å². The first-order valence-corrected chi connectivity index (χ1v) is 15.0. The smallest absolute Gasteiger partial charge is 0.0468 e. The Bertz CT molecular complexity index is 1870. The van der Waals surface area contributed by atoms with Gasteiger partial charge in [0.25, 0.3) is 0 Å². The first-order chi connectivity index (χ1) is 21.3. The molecule has 6 aromatic rings. The van der Waals surface area contributed by atoms with Crippen LogP contribution >= 0.6 is 0 Å². The summed E-state index contributed by atoms with van der Waals surface area (Å²) in [6.45, 7) is 0. The molecule has 1 atom stereocenters. The zero-order valence-electron chi connectivity index (χ0n) is 24.1. The number of nitrogens with zero attached hydrogens (tertiary/aromatic N) is 1. The Morgan fingerprint density at radius 3 is 1.72 bits per heavy atom. The van der Waals surface area contributed by atoms with Gasteiger partial charge in [0.2, 0.25) is 0 Å². The maximum absolute atomic E-state index is 2.38. The molecule has 0 saturated carbocycles. The van der Waals surface area contributed by atoms with Crippen LogP contribution < -0.4 is 4.90 Å². The first-order valence-electron chi connectivity index (χ1n) is 15.0. The molecule has 1 aliphatic rings. The van der Waals surface area contributed by atoms with Crippen LogP contribution in [0.25, 0.3) is 33.4 Å². The lowest BCUT2D eigenvalue weighted by atomic mass is 9.90. The van der Waals surface area contributed by atoms with E-state index in [9.17, 15) is 0 Å². The molecule has 0 fully saturated rings. The normalized spacial score (nSPS) is 14.2. The summed E-state index contributed by atoms with van der Waals surface area (Å²) in [6, 6.07) is 58.6. The molecule has 0 radical (unpaired) electrons. The van der Waals surface area contributed by atoms with E-state index < -0.39 is 0 Å². The average Bonchev–Trinajstić information content (AvgIpc) is 3.10. The maximum atomic E-state index is 2.38. The van der Waals surface area contributed by atoms with Gasteiger partial charge in [-0.15, -0.1) is 0 Å². The summed E-state index contributed by atoms with van der Waals surface area (Å²) in [5, 5.41) is 0. The number of hydrogen-bond donors (Lipinski definition) is 0. The third kappa shape index (κ3) is 5.71. The number of para-hydroxylation sites is 1. The Morgan fingerprint density at radius 1 is 0.442 bits per heavy atom. The molecule has 6 aromatic carbocycles. The molecule has 0 aliphatic heterocycles. The van der Waals surface area contributed by atoms with Gasteiger partial charge in [0, 0.05) is 23.0 Å². The van der Waals surface area contributed by atoms with Gasteiger partial charge in [0.15, 0.2) is 0 Å². The van der Waals surface area contributed by atoms with Crippen LogP contribution in [0.1, 0.15) is 17.9 Å². The van der Waals surface area contributed by atoms with Crippen molar-refractivity contribution in [1.29, 1.82) is 0 Å². The molecule has 0 amide bonds. The topological polar surface area (TPSA) is 3.24 Å². The molecule has 206 valence electrons. The fraction of sp³-hybridized carbons (Fsp3) is 0.0476. The number of benzene rings is 6. The van der Waals surface area contributed by atoms with Crippen LogP contribution in [0.15, 0.2) is 188 Å². The zero-order chi connectivity index (χ0) is 28.8. The third-order valence-corrected chi connectivity index (χ3v) is 8.21. The molecule has 7 rings (SSSR count). The Balaban J connectivity index is 1.32. The monoisotopic (exact) mass is 551 g/mol. The Kier molecular flexibility index (Phi) is 7.53. The van der Waals surface area contributed by atoms with Gasteiger partial charge in [-0.05, 0) is 81.8 Å². The van der Waals surface area contributed by atoms with Crippen molar-refractivity contribution in [2.75, 3.05) is 4.90 Å². The van der Waals surface area contributed by atoms with E-state index in [1.54, 1.807) is 0 Å². The largest absolute Gasteiger partial charge is 0.311 e. The Morgan fingerprint density at radius 2 is 1.05 bits per heavy atom. The molecule has 1 aliphatic carbocycles. The van der Waals surface area contributed by atoms with E-state index in [1.807, 2.05) is 0 Å². The number of allylic oxidation sites excluding steroid dienone is 3. The Labute approximate surface area is 254 Å². The van der Waals surface area contributed by atoms with Crippen molar-refractivity contribution in [2.45, 2.75) is 12.3 Å². The lowest BCUT2D eigenvalue weighted by molar-refractivity contribution is 0.840. The molecule has 0 N–H and O–H groups in total. The van der Waals surface area contributed by atoms with E-state index in [2.05, 4.69) is 187 Å². The Hall–Kier alpha value is -5.40. The quantitative estimate of drug-likeness (QED) is 0.191. The molecule has 0 heterocycles. The molecule has 0 aromatic heterocycles. The lowest BCUT2D eigenvalue weighted by Crippen LogP contribution is -2.17. The second-order valence-electron chi connectivity index (χ2n) is 11.0. The summed E-state index contributed by atoms with van der Waals surface area (Å²) in [5.74, 6) is 0.390.